The van der Waals surface area contributed by atoms with E-state index in [1.807, 2.05) is 0 Å². The van der Waals surface area contributed by atoms with Gasteiger partial charge < -0.3 is 5.32 Å². The maximum atomic E-state index is 4.42. The van der Waals surface area contributed by atoms with Crippen LogP contribution in [0.1, 0.15) is 40.5 Å². The minimum absolute atomic E-state index is 0.420. The zero-order valence-corrected chi connectivity index (χ0v) is 15.3. The average Bonchev–Trinajstić information content (AvgIpc) is 2.78. The first-order valence-corrected chi connectivity index (χ1v) is 9.73. The van der Waals surface area contributed by atoms with Crippen LogP contribution < -0.4 is 5.32 Å². The molecule has 0 unspecified atom stereocenters. The summed E-state index contributed by atoms with van der Waals surface area (Å²) in [5, 5.41) is 3.55. The van der Waals surface area contributed by atoms with Gasteiger partial charge >= 0.3 is 0 Å². The monoisotopic (exact) mass is 365 g/mol. The smallest absolute Gasteiger partial charge is 0.183 e. The molecule has 5 nitrogen and oxygen atoms in total. The van der Waals surface area contributed by atoms with Gasteiger partial charge in [-0.1, -0.05) is 48.5 Å². The zero-order valence-electron chi connectivity index (χ0n) is 15.3. The maximum Gasteiger partial charge on any atom is 0.183 e. The molecule has 0 fully saturated rings. The number of anilines is 1. The Morgan fingerprint density at radius 1 is 0.786 bits per heavy atom. The number of fused-ring (bicyclic) bond motifs is 2. The van der Waals surface area contributed by atoms with Crippen LogP contribution in [-0.2, 0) is 0 Å². The molecule has 1 atom stereocenters. The van der Waals surface area contributed by atoms with E-state index in [4.69, 9.17) is 0 Å². The Morgan fingerprint density at radius 3 is 2.21 bits per heavy atom. The van der Waals surface area contributed by atoms with Gasteiger partial charge in [0.2, 0.25) is 0 Å². The van der Waals surface area contributed by atoms with Crippen LogP contribution in [0.4, 0.5) is 5.82 Å². The highest BCUT2D eigenvalue weighted by Gasteiger charge is 2.42. The van der Waals surface area contributed by atoms with E-state index in [9.17, 15) is 0 Å². The molecule has 3 aliphatic carbocycles. The zero-order chi connectivity index (χ0) is 18.5. The van der Waals surface area contributed by atoms with E-state index in [0.717, 1.165) is 24.3 Å². The molecule has 5 heteroatoms. The quantitative estimate of drug-likeness (QED) is 0.591. The molecule has 28 heavy (non-hydrogen) atoms. The Hall–Kier alpha value is -3.34. The third-order valence-corrected chi connectivity index (χ3v) is 6.22. The van der Waals surface area contributed by atoms with E-state index in [1.54, 1.807) is 18.7 Å². The Labute approximate surface area is 162 Å². The highest BCUT2D eigenvalue weighted by molar-refractivity contribution is 5.81. The highest BCUT2D eigenvalue weighted by atomic mass is 15.1. The van der Waals surface area contributed by atoms with E-state index in [-0.39, 0.29) is 0 Å². The predicted octanol–water partition coefficient (Wildman–Crippen LogP) is 4.13. The van der Waals surface area contributed by atoms with Gasteiger partial charge in [-0.15, -0.1) is 0 Å². The lowest BCUT2D eigenvalue weighted by molar-refractivity contribution is 0.372. The number of hydrogen-bond donors (Lipinski definition) is 1. The fourth-order valence-electron chi connectivity index (χ4n) is 5.11. The number of hydrogen-bond acceptors (Lipinski definition) is 5. The Bertz CT molecular complexity index is 1140. The summed E-state index contributed by atoms with van der Waals surface area (Å²) in [4.78, 5) is 17.3. The minimum Gasteiger partial charge on any atom is -0.368 e. The van der Waals surface area contributed by atoms with E-state index in [1.165, 1.54) is 22.3 Å². The molecule has 136 valence electrons. The summed E-state index contributed by atoms with van der Waals surface area (Å²) in [6.45, 7) is 0.854. The maximum absolute atomic E-state index is 4.42. The fourth-order valence-corrected chi connectivity index (χ4v) is 5.11. The summed E-state index contributed by atoms with van der Waals surface area (Å²) in [5.74, 6) is 2.17. The van der Waals surface area contributed by atoms with E-state index in [2.05, 4.69) is 73.8 Å². The van der Waals surface area contributed by atoms with Crippen molar-refractivity contribution in [2.75, 3.05) is 11.9 Å². The lowest BCUT2D eigenvalue weighted by Crippen LogP contribution is -2.35. The van der Waals surface area contributed by atoms with E-state index in [0.29, 0.717) is 23.4 Å². The molecule has 0 aliphatic heterocycles. The van der Waals surface area contributed by atoms with Crippen molar-refractivity contribution in [2.24, 2.45) is 5.92 Å². The van der Waals surface area contributed by atoms with Gasteiger partial charge in [0.05, 0.1) is 0 Å². The van der Waals surface area contributed by atoms with Gasteiger partial charge in [0.15, 0.2) is 11.5 Å². The summed E-state index contributed by atoms with van der Waals surface area (Å²) in [6, 6.07) is 17.9. The molecule has 3 aliphatic rings. The van der Waals surface area contributed by atoms with Crippen LogP contribution in [0.15, 0.2) is 67.3 Å². The average molecular weight is 365 g/mol. The van der Waals surface area contributed by atoms with Gasteiger partial charge in [0.1, 0.15) is 11.8 Å². The fraction of sp³-hybridized carbons (Fsp3) is 0.217. The van der Waals surface area contributed by atoms with Crippen LogP contribution in [-0.4, -0.2) is 26.5 Å². The second-order valence-electron chi connectivity index (χ2n) is 7.62. The van der Waals surface area contributed by atoms with Gasteiger partial charge in [-0.3, -0.25) is 0 Å². The van der Waals surface area contributed by atoms with Crippen LogP contribution in [0, 0.1) is 5.92 Å². The normalized spacial score (nSPS) is 21.9. The summed E-state index contributed by atoms with van der Waals surface area (Å²) in [5.41, 5.74) is 7.32. The molecule has 0 saturated heterocycles. The third-order valence-electron chi connectivity index (χ3n) is 6.22. The number of nitrogens with one attached hydrogen (secondary N) is 1. The van der Waals surface area contributed by atoms with Gasteiger partial charge in [-0.05, 0) is 34.6 Å². The number of aromatic nitrogens is 4. The number of nitrogens with zero attached hydrogens (tertiary/aromatic N) is 4. The molecule has 0 saturated carbocycles. The lowest BCUT2D eigenvalue weighted by Gasteiger charge is -2.45. The van der Waals surface area contributed by atoms with Crippen molar-refractivity contribution in [3.63, 3.8) is 0 Å². The SMILES string of the molecule is c1ccc2c(c1)C1C[C@H](CNc3ncnc4nccnc34)C2c2ccccc21. The topological polar surface area (TPSA) is 63.6 Å². The van der Waals surface area contributed by atoms with Crippen molar-refractivity contribution in [2.45, 2.75) is 18.3 Å². The van der Waals surface area contributed by atoms with Crippen LogP contribution >= 0.6 is 0 Å². The van der Waals surface area contributed by atoms with Gasteiger partial charge in [0, 0.05) is 30.8 Å². The minimum atomic E-state index is 0.420. The Balaban J connectivity index is 1.37. The molecule has 2 aromatic heterocycles. The van der Waals surface area contributed by atoms with Crippen molar-refractivity contribution >= 4 is 17.0 Å². The molecule has 0 spiro atoms. The second-order valence-corrected chi connectivity index (χ2v) is 7.62. The van der Waals surface area contributed by atoms with Crippen molar-refractivity contribution in [3.05, 3.63) is 89.5 Å². The van der Waals surface area contributed by atoms with Crippen molar-refractivity contribution in [1.82, 2.24) is 19.9 Å². The largest absolute Gasteiger partial charge is 0.368 e. The van der Waals surface area contributed by atoms with Crippen molar-refractivity contribution in [3.8, 4) is 0 Å². The van der Waals surface area contributed by atoms with Gasteiger partial charge in [0.25, 0.3) is 0 Å². The second kappa shape index (κ2) is 6.09. The molecule has 2 bridgehead atoms. The first kappa shape index (κ1) is 15.7. The molecular formula is C23H19N5. The van der Waals surface area contributed by atoms with Crippen molar-refractivity contribution < 1.29 is 0 Å². The lowest BCUT2D eigenvalue weighted by atomic mass is 9.59. The van der Waals surface area contributed by atoms with Crippen LogP contribution in [0.5, 0.6) is 0 Å². The van der Waals surface area contributed by atoms with Crippen molar-refractivity contribution in [1.29, 1.82) is 0 Å². The predicted molar refractivity (Wildman–Crippen MR) is 108 cm³/mol. The molecule has 0 radical (unpaired) electrons. The number of benzene rings is 2. The first-order valence-electron chi connectivity index (χ1n) is 9.73. The first-order chi connectivity index (χ1) is 13.9. The van der Waals surface area contributed by atoms with Gasteiger partial charge in [-0.2, -0.15) is 0 Å². The number of rotatable bonds is 3. The van der Waals surface area contributed by atoms with E-state index < -0.39 is 0 Å². The Kier molecular flexibility index (Phi) is 3.41. The van der Waals surface area contributed by atoms with Gasteiger partial charge in [-0.25, -0.2) is 19.9 Å². The van der Waals surface area contributed by atoms with Crippen LogP contribution in [0.3, 0.4) is 0 Å². The molecule has 4 aromatic rings. The standard InChI is InChI=1S/C23H19N5/c1-3-7-17-15(5-1)19-11-14(20(17)18-8-4-2-6-16(18)19)12-26-23-21-22(27-13-28-23)25-10-9-24-21/h1-10,13-14,19-20H,11-12H2,(H,25,26,27,28)/t14-,19?,20?/m1/s1. The third kappa shape index (κ3) is 2.26. The molecular weight excluding hydrogens is 346 g/mol. The summed E-state index contributed by atoms with van der Waals surface area (Å²) < 4.78 is 0. The van der Waals surface area contributed by atoms with E-state index >= 15 is 0 Å². The molecule has 1 N–H and O–H groups in total. The molecule has 2 heterocycles. The summed E-state index contributed by atoms with van der Waals surface area (Å²) in [7, 11) is 0. The molecule has 7 rings (SSSR count). The summed E-state index contributed by atoms with van der Waals surface area (Å²) >= 11 is 0. The highest BCUT2D eigenvalue weighted by Crippen LogP contribution is 2.55. The van der Waals surface area contributed by atoms with Crippen LogP contribution in [0.2, 0.25) is 0 Å². The molecule has 2 aromatic carbocycles. The Morgan fingerprint density at radius 2 is 1.46 bits per heavy atom. The summed E-state index contributed by atoms with van der Waals surface area (Å²) in [6.07, 6.45) is 6.05. The molecule has 0 amide bonds. The van der Waals surface area contributed by atoms with Crippen LogP contribution in [0.25, 0.3) is 11.2 Å².